The van der Waals surface area contributed by atoms with E-state index in [1.54, 1.807) is 31.2 Å². The van der Waals surface area contributed by atoms with Gasteiger partial charge < -0.3 is 15.2 Å². The molecule has 0 amide bonds. The van der Waals surface area contributed by atoms with Gasteiger partial charge in [0.2, 0.25) is 0 Å². The van der Waals surface area contributed by atoms with E-state index in [9.17, 15) is 9.59 Å². The molecule has 0 unspecified atom stereocenters. The highest BCUT2D eigenvalue weighted by molar-refractivity contribution is 5.89. The van der Waals surface area contributed by atoms with Gasteiger partial charge in [-0.2, -0.15) is 0 Å². The van der Waals surface area contributed by atoms with Crippen molar-refractivity contribution in [3.8, 4) is 0 Å². The lowest BCUT2D eigenvalue weighted by Gasteiger charge is -2.06. The van der Waals surface area contributed by atoms with Gasteiger partial charge in [0.25, 0.3) is 0 Å². The summed E-state index contributed by atoms with van der Waals surface area (Å²) in [5.41, 5.74) is 1.36. The highest BCUT2D eigenvalue weighted by Gasteiger charge is 2.05. The van der Waals surface area contributed by atoms with Gasteiger partial charge in [-0.1, -0.05) is 0 Å². The summed E-state index contributed by atoms with van der Waals surface area (Å²) in [7, 11) is 0. The summed E-state index contributed by atoms with van der Waals surface area (Å²) in [5, 5.41) is 11.6. The molecule has 0 aromatic heterocycles. The van der Waals surface area contributed by atoms with Crippen LogP contribution in [0.1, 0.15) is 30.1 Å². The van der Waals surface area contributed by atoms with Gasteiger partial charge in [0.05, 0.1) is 12.2 Å². The lowest BCUT2D eigenvalue weighted by molar-refractivity contribution is -0.137. The Kier molecular flexibility index (Phi) is 5.70. The maximum Gasteiger partial charge on any atom is 0.338 e. The average molecular weight is 251 g/mol. The Hall–Kier alpha value is -2.04. The van der Waals surface area contributed by atoms with E-state index in [0.717, 1.165) is 5.69 Å². The van der Waals surface area contributed by atoms with E-state index in [1.165, 1.54) is 0 Å². The van der Waals surface area contributed by atoms with Crippen LogP contribution in [0.25, 0.3) is 0 Å². The van der Waals surface area contributed by atoms with Crippen LogP contribution in [0.5, 0.6) is 0 Å². The third-order valence-corrected chi connectivity index (χ3v) is 2.29. The summed E-state index contributed by atoms with van der Waals surface area (Å²) >= 11 is 0. The predicted octanol–water partition coefficient (Wildman–Crippen LogP) is 2.14. The molecule has 0 heterocycles. The molecular weight excluding hydrogens is 234 g/mol. The molecule has 1 aromatic rings. The average Bonchev–Trinajstić information content (AvgIpc) is 2.35. The third-order valence-electron chi connectivity index (χ3n) is 2.29. The van der Waals surface area contributed by atoms with Crippen molar-refractivity contribution in [2.45, 2.75) is 19.8 Å². The maximum absolute atomic E-state index is 11.4. The summed E-state index contributed by atoms with van der Waals surface area (Å²) < 4.78 is 4.87. The van der Waals surface area contributed by atoms with E-state index < -0.39 is 5.97 Å². The Morgan fingerprint density at radius 1 is 1.28 bits per heavy atom. The number of ether oxygens (including phenoxy) is 1. The van der Waals surface area contributed by atoms with Crippen molar-refractivity contribution in [2.75, 3.05) is 18.5 Å². The molecule has 5 nitrogen and oxygen atoms in total. The number of hydrogen-bond donors (Lipinski definition) is 2. The second-order valence-electron chi connectivity index (χ2n) is 3.72. The van der Waals surface area contributed by atoms with Gasteiger partial charge in [-0.25, -0.2) is 4.79 Å². The Balaban J connectivity index is 2.40. The van der Waals surface area contributed by atoms with Gasteiger partial charge in [0.15, 0.2) is 0 Å². The first-order valence-corrected chi connectivity index (χ1v) is 5.86. The zero-order valence-corrected chi connectivity index (χ0v) is 10.3. The predicted molar refractivity (Wildman–Crippen MR) is 67.8 cm³/mol. The Labute approximate surface area is 106 Å². The molecule has 2 N–H and O–H groups in total. The minimum absolute atomic E-state index is 0.147. The molecule has 0 saturated heterocycles. The molecule has 1 aromatic carbocycles. The first-order valence-electron chi connectivity index (χ1n) is 5.86. The highest BCUT2D eigenvalue weighted by Crippen LogP contribution is 2.10. The molecule has 0 fully saturated rings. The number of carbonyl (C=O) groups excluding carboxylic acids is 1. The van der Waals surface area contributed by atoms with Crippen molar-refractivity contribution >= 4 is 17.6 Å². The Morgan fingerprint density at radius 2 is 1.94 bits per heavy atom. The molecule has 0 aliphatic carbocycles. The first-order chi connectivity index (χ1) is 8.63. The van der Waals surface area contributed by atoms with Gasteiger partial charge in [-0.05, 0) is 37.6 Å². The summed E-state index contributed by atoms with van der Waals surface area (Å²) in [6, 6.07) is 6.90. The summed E-state index contributed by atoms with van der Waals surface area (Å²) in [6.07, 6.45) is 0.711. The van der Waals surface area contributed by atoms with E-state index in [0.29, 0.717) is 25.1 Å². The summed E-state index contributed by atoms with van der Waals surface area (Å²) in [6.45, 7) is 2.70. The largest absolute Gasteiger partial charge is 0.481 e. The van der Waals surface area contributed by atoms with Crippen molar-refractivity contribution in [2.24, 2.45) is 0 Å². The van der Waals surface area contributed by atoms with Crippen LogP contribution in [0.2, 0.25) is 0 Å². The zero-order chi connectivity index (χ0) is 13.4. The lowest BCUT2D eigenvalue weighted by atomic mass is 10.2. The fraction of sp³-hybridized carbons (Fsp3) is 0.385. The molecular formula is C13H17NO4. The van der Waals surface area contributed by atoms with Gasteiger partial charge in [-0.15, -0.1) is 0 Å². The van der Waals surface area contributed by atoms with Gasteiger partial charge >= 0.3 is 11.9 Å². The van der Waals surface area contributed by atoms with E-state index >= 15 is 0 Å². The molecule has 98 valence electrons. The van der Waals surface area contributed by atoms with Crippen molar-refractivity contribution in [1.82, 2.24) is 0 Å². The lowest BCUT2D eigenvalue weighted by Crippen LogP contribution is -2.06. The minimum atomic E-state index is -0.797. The van der Waals surface area contributed by atoms with E-state index in [-0.39, 0.29) is 12.4 Å². The molecule has 0 saturated carbocycles. The van der Waals surface area contributed by atoms with E-state index in [1.807, 2.05) is 0 Å². The number of benzene rings is 1. The number of aliphatic carboxylic acids is 1. The van der Waals surface area contributed by atoms with Crippen LogP contribution in [-0.2, 0) is 9.53 Å². The molecule has 0 aliphatic rings. The monoisotopic (exact) mass is 251 g/mol. The van der Waals surface area contributed by atoms with E-state index in [4.69, 9.17) is 9.84 Å². The van der Waals surface area contributed by atoms with Crippen molar-refractivity contribution in [3.05, 3.63) is 29.8 Å². The van der Waals surface area contributed by atoms with Crippen molar-refractivity contribution in [1.29, 1.82) is 0 Å². The number of carbonyl (C=O) groups is 2. The van der Waals surface area contributed by atoms with Gasteiger partial charge in [-0.3, -0.25) is 4.79 Å². The SMILES string of the molecule is CCOC(=O)c1ccc(NCCCC(=O)O)cc1. The second kappa shape index (κ2) is 7.32. The molecule has 0 spiro atoms. The Bertz CT molecular complexity index is 400. The van der Waals surface area contributed by atoms with Crippen LogP contribution in [0.4, 0.5) is 5.69 Å². The molecule has 0 bridgehead atoms. The molecule has 0 atom stereocenters. The molecule has 0 radical (unpaired) electrons. The van der Waals surface area contributed by atoms with Crippen LogP contribution in [0.15, 0.2) is 24.3 Å². The first kappa shape index (κ1) is 14.0. The van der Waals surface area contributed by atoms with Gasteiger partial charge in [0, 0.05) is 18.7 Å². The van der Waals surface area contributed by atoms with Crippen molar-refractivity contribution in [3.63, 3.8) is 0 Å². The number of carboxylic acids is 1. The Morgan fingerprint density at radius 3 is 2.50 bits per heavy atom. The van der Waals surface area contributed by atoms with E-state index in [2.05, 4.69) is 5.32 Å². The molecule has 18 heavy (non-hydrogen) atoms. The van der Waals surface area contributed by atoms with Crippen molar-refractivity contribution < 1.29 is 19.4 Å². The topological polar surface area (TPSA) is 75.6 Å². The van der Waals surface area contributed by atoms with Crippen LogP contribution < -0.4 is 5.32 Å². The standard InChI is InChI=1S/C13H17NO4/c1-2-18-13(17)10-5-7-11(8-6-10)14-9-3-4-12(15)16/h5-8,14H,2-4,9H2,1H3,(H,15,16). The number of nitrogens with one attached hydrogen (secondary N) is 1. The third kappa shape index (κ3) is 4.86. The number of carboxylic acid groups (broad SMARTS) is 1. The number of rotatable bonds is 7. The summed E-state index contributed by atoms with van der Waals surface area (Å²) in [4.78, 5) is 21.7. The smallest absolute Gasteiger partial charge is 0.338 e. The fourth-order valence-corrected chi connectivity index (χ4v) is 1.41. The fourth-order valence-electron chi connectivity index (χ4n) is 1.41. The van der Waals surface area contributed by atoms with Gasteiger partial charge in [0.1, 0.15) is 0 Å². The molecule has 1 rings (SSSR count). The number of hydrogen-bond acceptors (Lipinski definition) is 4. The zero-order valence-electron chi connectivity index (χ0n) is 10.3. The van der Waals surface area contributed by atoms with Crippen LogP contribution in [0, 0.1) is 0 Å². The molecule has 0 aliphatic heterocycles. The minimum Gasteiger partial charge on any atom is -0.481 e. The normalized spacial score (nSPS) is 9.83. The van der Waals surface area contributed by atoms with Crippen LogP contribution >= 0.6 is 0 Å². The number of anilines is 1. The second-order valence-corrected chi connectivity index (χ2v) is 3.72. The van der Waals surface area contributed by atoms with Crippen LogP contribution in [0.3, 0.4) is 0 Å². The maximum atomic E-state index is 11.4. The van der Waals surface area contributed by atoms with Crippen LogP contribution in [-0.4, -0.2) is 30.2 Å². The molecule has 5 heteroatoms. The quantitative estimate of drug-likeness (QED) is 0.573. The summed E-state index contributed by atoms with van der Waals surface area (Å²) in [5.74, 6) is -1.13. The number of esters is 1. The highest BCUT2D eigenvalue weighted by atomic mass is 16.5.